The molecular weight excluding hydrogens is 396 g/mol. The zero-order valence-corrected chi connectivity index (χ0v) is 18.0. The number of hydrogen-bond donors (Lipinski definition) is 0. The maximum atomic E-state index is 11.3. The summed E-state index contributed by atoms with van der Waals surface area (Å²) in [6.45, 7) is 8.73. The van der Waals surface area contributed by atoms with Crippen molar-refractivity contribution in [1.82, 2.24) is 4.98 Å². The van der Waals surface area contributed by atoms with Crippen LogP contribution in [0, 0.1) is 16.3 Å². The van der Waals surface area contributed by atoms with Gasteiger partial charge in [0.15, 0.2) is 6.79 Å². The molecule has 0 saturated carbocycles. The average Bonchev–Trinajstić information content (AvgIpc) is 3.12. The van der Waals surface area contributed by atoms with Crippen molar-refractivity contribution in [3.8, 4) is 5.75 Å². The molecule has 3 aromatic rings. The third kappa shape index (κ3) is 5.79. The minimum Gasteiger partial charge on any atom is -0.468 e. The van der Waals surface area contributed by atoms with Crippen LogP contribution in [0.1, 0.15) is 44.6 Å². The van der Waals surface area contributed by atoms with Gasteiger partial charge in [-0.15, -0.1) is 0 Å². The summed E-state index contributed by atoms with van der Waals surface area (Å²) in [5.74, 6) is 1.14. The Morgan fingerprint density at radius 3 is 2.68 bits per heavy atom. The van der Waals surface area contributed by atoms with E-state index >= 15 is 0 Å². The van der Waals surface area contributed by atoms with E-state index < -0.39 is 4.92 Å². The summed E-state index contributed by atoms with van der Waals surface area (Å²) in [5.41, 5.74) is 1.76. The van der Waals surface area contributed by atoms with Crippen LogP contribution in [-0.2, 0) is 10.2 Å². The lowest BCUT2D eigenvalue weighted by atomic mass is 9.87. The van der Waals surface area contributed by atoms with Gasteiger partial charge in [-0.25, -0.2) is 0 Å². The molecule has 1 aromatic carbocycles. The number of nitrogens with zero attached hydrogens (tertiary/aromatic N) is 2. The van der Waals surface area contributed by atoms with Crippen molar-refractivity contribution in [3.63, 3.8) is 0 Å². The average molecular weight is 421 g/mol. The molecule has 1 radical (unpaired) electrons. The van der Waals surface area contributed by atoms with Crippen LogP contribution >= 0.6 is 0 Å². The van der Waals surface area contributed by atoms with Crippen LogP contribution in [-0.4, -0.2) is 23.3 Å². The van der Waals surface area contributed by atoms with Gasteiger partial charge in [-0.1, -0.05) is 32.9 Å². The smallest absolute Gasteiger partial charge is 0.371 e. The Labute approximate surface area is 181 Å². The topological polar surface area (TPSA) is 87.6 Å². The zero-order valence-electron chi connectivity index (χ0n) is 18.0. The molecule has 2 heterocycles. The number of fused-ring (bicyclic) bond motifs is 1. The molecule has 0 unspecified atom stereocenters. The van der Waals surface area contributed by atoms with E-state index in [2.05, 4.69) is 11.2 Å². The number of benzene rings is 1. The minimum absolute atomic E-state index is 0.201. The second-order valence-electron chi connectivity index (χ2n) is 7.89. The van der Waals surface area contributed by atoms with Crippen molar-refractivity contribution in [2.24, 2.45) is 0 Å². The van der Waals surface area contributed by atoms with Crippen molar-refractivity contribution in [2.75, 3.05) is 13.4 Å². The molecule has 0 saturated heterocycles. The Hall–Kier alpha value is -3.45. The van der Waals surface area contributed by atoms with E-state index in [0.717, 1.165) is 16.5 Å². The maximum absolute atomic E-state index is 11.3. The van der Waals surface area contributed by atoms with Crippen molar-refractivity contribution >= 4 is 28.9 Å². The van der Waals surface area contributed by atoms with Crippen LogP contribution < -0.4 is 4.74 Å². The van der Waals surface area contributed by atoms with Gasteiger partial charge >= 0.3 is 5.82 Å². The number of allylic oxidation sites excluding steroid dienone is 2. The molecule has 0 fully saturated rings. The second-order valence-corrected chi connectivity index (χ2v) is 7.89. The number of nitro groups is 1. The maximum Gasteiger partial charge on any atom is 0.371 e. The molecule has 2 aromatic heterocycles. The minimum atomic E-state index is -0.503. The van der Waals surface area contributed by atoms with Crippen molar-refractivity contribution in [2.45, 2.75) is 33.1 Å². The number of hydrogen-bond acceptors (Lipinski definition) is 6. The molecular formula is C24H25N2O5. The van der Waals surface area contributed by atoms with Crippen molar-refractivity contribution in [3.05, 3.63) is 75.7 Å². The molecule has 0 bridgehead atoms. The predicted octanol–water partition coefficient (Wildman–Crippen LogP) is 5.93. The first-order valence-corrected chi connectivity index (χ1v) is 9.94. The first-order valence-electron chi connectivity index (χ1n) is 9.94. The van der Waals surface area contributed by atoms with Crippen LogP contribution in [0.5, 0.6) is 5.75 Å². The van der Waals surface area contributed by atoms with E-state index in [-0.39, 0.29) is 18.0 Å². The fraction of sp³-hybridized carbons (Fsp3) is 0.292. The lowest BCUT2D eigenvalue weighted by Crippen LogP contribution is -2.12. The third-order valence-corrected chi connectivity index (χ3v) is 4.49. The van der Waals surface area contributed by atoms with Crippen molar-refractivity contribution in [1.29, 1.82) is 0 Å². The van der Waals surface area contributed by atoms with Gasteiger partial charge in [-0.05, 0) is 64.7 Å². The summed E-state index contributed by atoms with van der Waals surface area (Å²) in [4.78, 5) is 14.7. The molecule has 0 aliphatic carbocycles. The highest BCUT2D eigenvalue weighted by Gasteiger charge is 2.21. The van der Waals surface area contributed by atoms with Gasteiger partial charge in [-0.2, -0.15) is 0 Å². The Morgan fingerprint density at radius 1 is 1.19 bits per heavy atom. The first-order chi connectivity index (χ1) is 14.8. The fourth-order valence-corrected chi connectivity index (χ4v) is 2.80. The van der Waals surface area contributed by atoms with E-state index in [1.807, 2.05) is 52.0 Å². The Bertz CT molecular complexity index is 1120. The second kappa shape index (κ2) is 9.57. The Morgan fingerprint density at radius 2 is 1.97 bits per heavy atom. The van der Waals surface area contributed by atoms with Gasteiger partial charge in [0.25, 0.3) is 0 Å². The number of ether oxygens (including phenoxy) is 2. The Kier molecular flexibility index (Phi) is 6.87. The van der Waals surface area contributed by atoms with Gasteiger partial charge in [0.2, 0.25) is 6.20 Å². The van der Waals surface area contributed by atoms with Crippen LogP contribution in [0.25, 0.3) is 23.1 Å². The van der Waals surface area contributed by atoms with Gasteiger partial charge in [0.05, 0.1) is 5.56 Å². The Balaban J connectivity index is 1.76. The van der Waals surface area contributed by atoms with Crippen molar-refractivity contribution < 1.29 is 18.8 Å². The van der Waals surface area contributed by atoms with Crippen LogP contribution in [0.2, 0.25) is 0 Å². The van der Waals surface area contributed by atoms with Gasteiger partial charge < -0.3 is 24.0 Å². The molecule has 0 atom stereocenters. The van der Waals surface area contributed by atoms with E-state index in [1.54, 1.807) is 30.4 Å². The monoisotopic (exact) mass is 421 g/mol. The fourth-order valence-electron chi connectivity index (χ4n) is 2.80. The predicted molar refractivity (Wildman–Crippen MR) is 120 cm³/mol. The standard InChI is InChI=1S/C24H25N2O5/c1-5-29-16-30-20-10-11-22-18(13-20)14-21(31-22)9-7-6-8-17-12-19(24(2,3)4)15-25-23(17)26(27)28/h6-14H,5,16H2,1-4H3/b8-6+,9-7+. The SMILES string of the molecule is CCOCOc1ccc2oc(/C=C/C=C/c3cc(C(C)(C)C)[c]nc3[N+](=O)[O-])cc2c1. The summed E-state index contributed by atoms with van der Waals surface area (Å²) in [7, 11) is 0. The van der Waals surface area contributed by atoms with E-state index in [0.29, 0.717) is 23.7 Å². The summed E-state index contributed by atoms with van der Waals surface area (Å²) in [6, 6.07) is 9.19. The molecule has 7 nitrogen and oxygen atoms in total. The van der Waals surface area contributed by atoms with E-state index in [4.69, 9.17) is 13.9 Å². The molecule has 7 heteroatoms. The molecule has 0 spiro atoms. The first kappa shape index (κ1) is 22.2. The molecule has 0 N–H and O–H groups in total. The zero-order chi connectivity index (χ0) is 22.4. The van der Waals surface area contributed by atoms with Gasteiger partial charge in [0, 0.05) is 17.6 Å². The highest BCUT2D eigenvalue weighted by atomic mass is 16.7. The lowest BCUT2D eigenvalue weighted by molar-refractivity contribution is -0.389. The third-order valence-electron chi connectivity index (χ3n) is 4.49. The van der Waals surface area contributed by atoms with Crippen LogP contribution in [0.15, 0.2) is 46.9 Å². The molecule has 3 rings (SSSR count). The summed E-state index contributed by atoms with van der Waals surface area (Å²) < 4.78 is 16.5. The number of rotatable bonds is 8. The highest BCUT2D eigenvalue weighted by Crippen LogP contribution is 2.27. The van der Waals surface area contributed by atoms with Gasteiger partial charge in [-0.3, -0.25) is 0 Å². The molecule has 0 amide bonds. The number of furan rings is 1. The summed E-state index contributed by atoms with van der Waals surface area (Å²) in [5, 5.41) is 12.2. The highest BCUT2D eigenvalue weighted by molar-refractivity contribution is 5.81. The van der Waals surface area contributed by atoms with Crippen LogP contribution in [0.3, 0.4) is 0 Å². The summed E-state index contributed by atoms with van der Waals surface area (Å²) >= 11 is 0. The number of aromatic nitrogens is 1. The van der Waals surface area contributed by atoms with E-state index in [1.165, 1.54) is 0 Å². The molecule has 161 valence electrons. The van der Waals surface area contributed by atoms with Crippen LogP contribution in [0.4, 0.5) is 5.82 Å². The normalized spacial score (nSPS) is 12.3. The van der Waals surface area contributed by atoms with E-state index in [9.17, 15) is 10.1 Å². The lowest BCUT2D eigenvalue weighted by Gasteiger charge is -2.16. The van der Waals surface area contributed by atoms with Gasteiger partial charge in [0.1, 0.15) is 17.1 Å². The largest absolute Gasteiger partial charge is 0.468 e. The summed E-state index contributed by atoms with van der Waals surface area (Å²) in [6.07, 6.45) is 9.71. The molecule has 31 heavy (non-hydrogen) atoms. The quantitative estimate of drug-likeness (QED) is 0.147. The number of pyridine rings is 1. The molecule has 0 aliphatic heterocycles. The molecule has 0 aliphatic rings.